The van der Waals surface area contributed by atoms with Crippen LogP contribution in [0.3, 0.4) is 0 Å². The molecule has 0 atom stereocenters. The third-order valence-electron chi connectivity index (χ3n) is 3.75. The molecule has 5 nitrogen and oxygen atoms in total. The average molecular weight is 284 g/mol. The van der Waals surface area contributed by atoms with E-state index in [-0.39, 0.29) is 18.1 Å². The largest absolute Gasteiger partial charge is 0.481 e. The van der Waals surface area contributed by atoms with E-state index in [9.17, 15) is 14.7 Å². The van der Waals surface area contributed by atoms with E-state index in [1.165, 1.54) is 0 Å². The number of nitrogens with zero attached hydrogens (tertiary/aromatic N) is 1. The summed E-state index contributed by atoms with van der Waals surface area (Å²) in [7, 11) is 0. The Kier molecular flexibility index (Phi) is 6.76. The highest BCUT2D eigenvalue weighted by Gasteiger charge is 2.36. The number of carbonyl (C=O) groups excluding carboxylic acids is 1. The zero-order chi connectivity index (χ0) is 16.0. The van der Waals surface area contributed by atoms with Crippen molar-refractivity contribution >= 4 is 12.0 Å². The molecular formula is C15H28N2O3. The number of nitrogens with one attached hydrogen (secondary N) is 1. The predicted molar refractivity (Wildman–Crippen MR) is 80.7 cm³/mol. The van der Waals surface area contributed by atoms with Gasteiger partial charge in [0.1, 0.15) is 0 Å². The Morgan fingerprint density at radius 1 is 1.25 bits per heavy atom. The highest BCUT2D eigenvalue weighted by Crippen LogP contribution is 2.26. The maximum absolute atomic E-state index is 12.3. The SMILES string of the molecule is C=CCN(C(=O)NCC(CC)(CC)C(=O)O)C(C)(C)C. The lowest BCUT2D eigenvalue weighted by Crippen LogP contribution is -2.53. The first kappa shape index (κ1) is 18.5. The van der Waals surface area contributed by atoms with Gasteiger partial charge in [0.05, 0.1) is 5.41 Å². The molecule has 2 N–H and O–H groups in total. The third kappa shape index (κ3) is 4.54. The summed E-state index contributed by atoms with van der Waals surface area (Å²) in [6.45, 7) is 13.7. The van der Waals surface area contributed by atoms with Crippen LogP contribution in [0, 0.1) is 5.41 Å². The van der Waals surface area contributed by atoms with Crippen LogP contribution in [-0.2, 0) is 4.79 Å². The molecule has 0 saturated heterocycles. The Labute approximate surface area is 122 Å². The molecule has 0 aliphatic heterocycles. The van der Waals surface area contributed by atoms with E-state index in [4.69, 9.17) is 0 Å². The summed E-state index contributed by atoms with van der Waals surface area (Å²) in [5.74, 6) is -0.867. The maximum atomic E-state index is 12.3. The molecule has 0 bridgehead atoms. The number of rotatable bonds is 7. The second-order valence-corrected chi connectivity index (χ2v) is 6.02. The van der Waals surface area contributed by atoms with Gasteiger partial charge in [-0.15, -0.1) is 6.58 Å². The smallest absolute Gasteiger partial charge is 0.318 e. The van der Waals surface area contributed by atoms with Crippen LogP contribution >= 0.6 is 0 Å². The Morgan fingerprint density at radius 2 is 1.75 bits per heavy atom. The zero-order valence-electron chi connectivity index (χ0n) is 13.3. The second kappa shape index (κ2) is 7.31. The molecule has 0 saturated carbocycles. The number of urea groups is 1. The molecule has 0 unspecified atom stereocenters. The van der Waals surface area contributed by atoms with E-state index >= 15 is 0 Å². The summed E-state index contributed by atoms with van der Waals surface area (Å²) in [5, 5.41) is 12.1. The van der Waals surface area contributed by atoms with E-state index in [1.54, 1.807) is 11.0 Å². The Hall–Kier alpha value is -1.52. The summed E-state index contributed by atoms with van der Waals surface area (Å²) < 4.78 is 0. The van der Waals surface area contributed by atoms with Gasteiger partial charge in [0.2, 0.25) is 0 Å². The van der Waals surface area contributed by atoms with Gasteiger partial charge < -0.3 is 15.3 Å². The van der Waals surface area contributed by atoms with Crippen molar-refractivity contribution in [2.75, 3.05) is 13.1 Å². The van der Waals surface area contributed by atoms with Gasteiger partial charge in [-0.1, -0.05) is 19.9 Å². The first-order valence-corrected chi connectivity index (χ1v) is 7.04. The van der Waals surface area contributed by atoms with Gasteiger partial charge >= 0.3 is 12.0 Å². The van der Waals surface area contributed by atoms with Gasteiger partial charge in [-0.2, -0.15) is 0 Å². The lowest BCUT2D eigenvalue weighted by molar-refractivity contribution is -0.149. The summed E-state index contributed by atoms with van der Waals surface area (Å²) in [5.41, 5.74) is -1.24. The van der Waals surface area contributed by atoms with E-state index in [2.05, 4.69) is 11.9 Å². The minimum absolute atomic E-state index is 0.137. The van der Waals surface area contributed by atoms with Crippen molar-refractivity contribution in [3.05, 3.63) is 12.7 Å². The summed E-state index contributed by atoms with van der Waals surface area (Å²) >= 11 is 0. The fraction of sp³-hybridized carbons (Fsp3) is 0.733. The first-order chi connectivity index (χ1) is 9.14. The quantitative estimate of drug-likeness (QED) is 0.706. The van der Waals surface area contributed by atoms with Crippen molar-refractivity contribution in [2.24, 2.45) is 5.41 Å². The van der Waals surface area contributed by atoms with Crippen molar-refractivity contribution in [2.45, 2.75) is 53.0 Å². The van der Waals surface area contributed by atoms with Crippen molar-refractivity contribution in [3.8, 4) is 0 Å². The van der Waals surface area contributed by atoms with Crippen LogP contribution in [0.2, 0.25) is 0 Å². The first-order valence-electron chi connectivity index (χ1n) is 7.04. The van der Waals surface area contributed by atoms with Crippen molar-refractivity contribution in [1.82, 2.24) is 10.2 Å². The van der Waals surface area contributed by atoms with Crippen LogP contribution < -0.4 is 5.32 Å². The highest BCUT2D eigenvalue weighted by molar-refractivity contribution is 5.78. The molecule has 0 aromatic carbocycles. The molecule has 116 valence electrons. The molecule has 0 spiro atoms. The Bertz CT molecular complexity index is 355. The molecule has 0 rings (SSSR count). The molecule has 0 fully saturated rings. The van der Waals surface area contributed by atoms with Crippen LogP contribution in [0.5, 0.6) is 0 Å². The molecule has 0 aromatic heterocycles. The molecule has 20 heavy (non-hydrogen) atoms. The minimum atomic E-state index is -0.895. The molecule has 0 heterocycles. The van der Waals surface area contributed by atoms with Gasteiger partial charge in [0, 0.05) is 18.6 Å². The van der Waals surface area contributed by atoms with E-state index in [0.717, 1.165) is 0 Å². The van der Waals surface area contributed by atoms with Crippen molar-refractivity contribution in [3.63, 3.8) is 0 Å². The number of hydrogen-bond acceptors (Lipinski definition) is 2. The number of hydrogen-bond donors (Lipinski definition) is 2. The van der Waals surface area contributed by atoms with Gasteiger partial charge in [0.25, 0.3) is 0 Å². The van der Waals surface area contributed by atoms with Crippen LogP contribution in [0.15, 0.2) is 12.7 Å². The number of aliphatic carboxylic acids is 1. The normalized spacial score (nSPS) is 11.8. The molecular weight excluding hydrogens is 256 g/mol. The van der Waals surface area contributed by atoms with Crippen molar-refractivity contribution in [1.29, 1.82) is 0 Å². The monoisotopic (exact) mass is 284 g/mol. The molecule has 2 amide bonds. The number of amides is 2. The van der Waals surface area contributed by atoms with Crippen LogP contribution in [-0.4, -0.2) is 40.6 Å². The average Bonchev–Trinajstić information content (AvgIpc) is 2.35. The lowest BCUT2D eigenvalue weighted by Gasteiger charge is -2.36. The fourth-order valence-electron chi connectivity index (χ4n) is 2.01. The standard InChI is InChI=1S/C15H28N2O3/c1-7-10-17(14(4,5)6)13(20)16-11-15(8-2,9-3)12(18)19/h7H,1,8-11H2,2-6H3,(H,16,20)(H,18,19). The van der Waals surface area contributed by atoms with E-state index in [0.29, 0.717) is 19.4 Å². The lowest BCUT2D eigenvalue weighted by atomic mass is 9.82. The minimum Gasteiger partial charge on any atom is -0.481 e. The second-order valence-electron chi connectivity index (χ2n) is 6.02. The summed E-state index contributed by atoms with van der Waals surface area (Å²) in [4.78, 5) is 25.3. The van der Waals surface area contributed by atoms with Gasteiger partial charge in [-0.05, 0) is 33.6 Å². The van der Waals surface area contributed by atoms with Crippen LogP contribution in [0.1, 0.15) is 47.5 Å². The topological polar surface area (TPSA) is 69.6 Å². The fourth-order valence-corrected chi connectivity index (χ4v) is 2.01. The van der Waals surface area contributed by atoms with Gasteiger partial charge in [-0.25, -0.2) is 4.79 Å². The Morgan fingerprint density at radius 3 is 2.05 bits per heavy atom. The van der Waals surface area contributed by atoms with Crippen molar-refractivity contribution < 1.29 is 14.7 Å². The molecule has 5 heteroatoms. The summed E-state index contributed by atoms with van der Waals surface area (Å²) in [6.07, 6.45) is 2.63. The number of carbonyl (C=O) groups is 2. The van der Waals surface area contributed by atoms with E-state index < -0.39 is 11.4 Å². The molecule has 0 radical (unpaired) electrons. The van der Waals surface area contributed by atoms with Crippen LogP contribution in [0.4, 0.5) is 4.79 Å². The highest BCUT2D eigenvalue weighted by atomic mass is 16.4. The third-order valence-corrected chi connectivity index (χ3v) is 3.75. The Balaban J connectivity index is 4.90. The van der Waals surface area contributed by atoms with Gasteiger partial charge in [0.15, 0.2) is 0 Å². The predicted octanol–water partition coefficient (Wildman–Crippen LogP) is 2.87. The number of carboxylic acids is 1. The summed E-state index contributed by atoms with van der Waals surface area (Å²) in [6, 6.07) is -0.259. The zero-order valence-corrected chi connectivity index (χ0v) is 13.3. The number of carboxylic acid groups (broad SMARTS) is 1. The molecule has 0 aliphatic carbocycles. The molecule has 0 aromatic rings. The van der Waals surface area contributed by atoms with E-state index in [1.807, 2.05) is 34.6 Å². The molecule has 0 aliphatic rings. The maximum Gasteiger partial charge on any atom is 0.318 e. The van der Waals surface area contributed by atoms with Gasteiger partial charge in [-0.3, -0.25) is 4.79 Å². The van der Waals surface area contributed by atoms with Crippen LogP contribution in [0.25, 0.3) is 0 Å².